The fraction of sp³-hybridized carbons (Fsp3) is 0.412. The van der Waals surface area contributed by atoms with Crippen molar-refractivity contribution in [2.24, 2.45) is 0 Å². The fourth-order valence-corrected chi connectivity index (χ4v) is 2.41. The zero-order valence-electron chi connectivity index (χ0n) is 13.8. The maximum atomic E-state index is 12.6. The van der Waals surface area contributed by atoms with Crippen molar-refractivity contribution in [3.63, 3.8) is 0 Å². The van der Waals surface area contributed by atoms with Crippen LogP contribution in [0.1, 0.15) is 26.5 Å². The first-order valence-corrected chi connectivity index (χ1v) is 7.45. The summed E-state index contributed by atoms with van der Waals surface area (Å²) >= 11 is 0. The van der Waals surface area contributed by atoms with E-state index >= 15 is 0 Å². The van der Waals surface area contributed by atoms with Crippen molar-refractivity contribution in [2.45, 2.75) is 38.8 Å². The van der Waals surface area contributed by atoms with Gasteiger partial charge in [0.1, 0.15) is 11.6 Å². The number of hydrogen-bond acceptors (Lipinski definition) is 4. The van der Waals surface area contributed by atoms with E-state index in [4.69, 9.17) is 4.74 Å². The molecule has 0 saturated heterocycles. The van der Waals surface area contributed by atoms with E-state index in [1.54, 1.807) is 27.8 Å². The standard InChI is InChI=1S/C17H22N2O4/c1-17(2,3)23-16(22)19-12(10-13(18-4)15(20)21)9-11-7-5-6-8-14(11)19/h5-9,13,18H,10H2,1-4H3,(H,20,21). The summed E-state index contributed by atoms with van der Waals surface area (Å²) in [4.78, 5) is 23.8. The Morgan fingerprint density at radius 1 is 1.30 bits per heavy atom. The third kappa shape index (κ3) is 3.90. The molecule has 0 aliphatic heterocycles. The Morgan fingerprint density at radius 3 is 2.52 bits per heavy atom. The first-order valence-electron chi connectivity index (χ1n) is 7.45. The molecule has 1 aromatic carbocycles. The summed E-state index contributed by atoms with van der Waals surface area (Å²) < 4.78 is 6.91. The van der Waals surface area contributed by atoms with Crippen LogP contribution >= 0.6 is 0 Å². The van der Waals surface area contributed by atoms with E-state index in [2.05, 4.69) is 5.32 Å². The average molecular weight is 318 g/mol. The minimum Gasteiger partial charge on any atom is -0.480 e. The average Bonchev–Trinajstić information content (AvgIpc) is 2.80. The molecule has 23 heavy (non-hydrogen) atoms. The molecular weight excluding hydrogens is 296 g/mol. The van der Waals surface area contributed by atoms with Gasteiger partial charge in [0.05, 0.1) is 5.52 Å². The zero-order chi connectivity index (χ0) is 17.2. The molecule has 6 nitrogen and oxygen atoms in total. The second-order valence-electron chi connectivity index (χ2n) is 6.39. The third-order valence-corrected chi connectivity index (χ3v) is 3.42. The van der Waals surface area contributed by atoms with Crippen molar-refractivity contribution in [1.82, 2.24) is 9.88 Å². The number of carbonyl (C=O) groups is 2. The van der Waals surface area contributed by atoms with Crippen molar-refractivity contribution in [3.05, 3.63) is 36.0 Å². The predicted molar refractivity (Wildman–Crippen MR) is 87.8 cm³/mol. The van der Waals surface area contributed by atoms with Crippen LogP contribution in [0, 0.1) is 0 Å². The number of para-hydroxylation sites is 1. The van der Waals surface area contributed by atoms with Gasteiger partial charge in [-0.15, -0.1) is 0 Å². The van der Waals surface area contributed by atoms with Gasteiger partial charge < -0.3 is 15.2 Å². The summed E-state index contributed by atoms with van der Waals surface area (Å²) in [7, 11) is 1.58. The number of carbonyl (C=O) groups excluding carboxylic acids is 1. The molecule has 1 aromatic heterocycles. The van der Waals surface area contributed by atoms with Crippen LogP contribution in [0.25, 0.3) is 10.9 Å². The molecule has 0 aliphatic rings. The molecule has 2 aromatic rings. The van der Waals surface area contributed by atoms with E-state index in [0.29, 0.717) is 11.2 Å². The van der Waals surface area contributed by atoms with Crippen molar-refractivity contribution >= 4 is 23.0 Å². The molecule has 0 aliphatic carbocycles. The highest BCUT2D eigenvalue weighted by atomic mass is 16.6. The van der Waals surface area contributed by atoms with Crippen LogP contribution in [-0.4, -0.2) is 40.4 Å². The molecule has 0 amide bonds. The Kier molecular flexibility index (Phi) is 4.75. The molecule has 0 spiro atoms. The SMILES string of the molecule is CNC(Cc1cc2ccccc2n1C(=O)OC(C)(C)C)C(=O)O. The summed E-state index contributed by atoms with van der Waals surface area (Å²) in [5, 5.41) is 12.9. The first-order chi connectivity index (χ1) is 10.7. The van der Waals surface area contributed by atoms with Crippen LogP contribution in [0.5, 0.6) is 0 Å². The zero-order valence-corrected chi connectivity index (χ0v) is 13.8. The van der Waals surface area contributed by atoms with Gasteiger partial charge in [-0.25, -0.2) is 9.36 Å². The second kappa shape index (κ2) is 6.42. The van der Waals surface area contributed by atoms with E-state index < -0.39 is 23.7 Å². The highest BCUT2D eigenvalue weighted by Crippen LogP contribution is 2.23. The molecule has 1 heterocycles. The molecule has 0 bridgehead atoms. The van der Waals surface area contributed by atoms with Gasteiger partial charge in [-0.2, -0.15) is 0 Å². The monoisotopic (exact) mass is 318 g/mol. The predicted octanol–water partition coefficient (Wildman–Crippen LogP) is 2.64. The van der Waals surface area contributed by atoms with E-state index in [1.165, 1.54) is 4.57 Å². The maximum absolute atomic E-state index is 12.6. The highest BCUT2D eigenvalue weighted by molar-refractivity contribution is 5.91. The number of rotatable bonds is 4. The topological polar surface area (TPSA) is 80.6 Å². The van der Waals surface area contributed by atoms with Gasteiger partial charge in [0.25, 0.3) is 0 Å². The summed E-state index contributed by atoms with van der Waals surface area (Å²) in [5.74, 6) is -0.964. The Bertz CT molecular complexity index is 728. The largest absolute Gasteiger partial charge is 0.480 e. The molecule has 0 fully saturated rings. The van der Waals surface area contributed by atoms with E-state index in [0.717, 1.165) is 5.39 Å². The number of aliphatic carboxylic acids is 1. The van der Waals surface area contributed by atoms with Crippen LogP contribution in [-0.2, 0) is 16.0 Å². The van der Waals surface area contributed by atoms with Crippen LogP contribution < -0.4 is 5.32 Å². The minimum absolute atomic E-state index is 0.180. The number of carboxylic acids is 1. The quantitative estimate of drug-likeness (QED) is 0.906. The number of ether oxygens (including phenoxy) is 1. The van der Waals surface area contributed by atoms with E-state index in [-0.39, 0.29) is 6.42 Å². The van der Waals surface area contributed by atoms with Crippen LogP contribution in [0.15, 0.2) is 30.3 Å². The van der Waals surface area contributed by atoms with Crippen molar-refractivity contribution < 1.29 is 19.4 Å². The summed E-state index contributed by atoms with van der Waals surface area (Å²) in [6.45, 7) is 5.39. The normalized spacial score (nSPS) is 13.0. The van der Waals surface area contributed by atoms with Crippen molar-refractivity contribution in [3.8, 4) is 0 Å². The molecule has 124 valence electrons. The molecular formula is C17H22N2O4. The van der Waals surface area contributed by atoms with E-state index in [1.807, 2.05) is 30.3 Å². The number of nitrogens with one attached hydrogen (secondary N) is 1. The number of likely N-dealkylation sites (N-methyl/N-ethyl adjacent to an activating group) is 1. The van der Waals surface area contributed by atoms with E-state index in [9.17, 15) is 14.7 Å². The van der Waals surface area contributed by atoms with Crippen LogP contribution in [0.2, 0.25) is 0 Å². The molecule has 2 rings (SSSR count). The van der Waals surface area contributed by atoms with Crippen LogP contribution in [0.4, 0.5) is 4.79 Å². The van der Waals surface area contributed by atoms with Crippen molar-refractivity contribution in [2.75, 3.05) is 7.05 Å². The van der Waals surface area contributed by atoms with Crippen LogP contribution in [0.3, 0.4) is 0 Å². The number of aromatic nitrogens is 1. The number of nitrogens with zero attached hydrogens (tertiary/aromatic N) is 1. The van der Waals surface area contributed by atoms with Gasteiger partial charge >= 0.3 is 12.1 Å². The summed E-state index contributed by atoms with van der Waals surface area (Å²) in [6, 6.07) is 8.46. The summed E-state index contributed by atoms with van der Waals surface area (Å²) in [6.07, 6.45) is -0.325. The lowest BCUT2D eigenvalue weighted by Crippen LogP contribution is -2.37. The van der Waals surface area contributed by atoms with Gasteiger partial charge in [-0.1, -0.05) is 18.2 Å². The van der Waals surface area contributed by atoms with Gasteiger partial charge in [0.2, 0.25) is 0 Å². The van der Waals surface area contributed by atoms with Gasteiger partial charge in [0.15, 0.2) is 0 Å². The lowest BCUT2D eigenvalue weighted by Gasteiger charge is -2.21. The molecule has 6 heteroatoms. The Morgan fingerprint density at radius 2 is 1.96 bits per heavy atom. The Labute approximate surface area is 135 Å². The molecule has 1 atom stereocenters. The fourth-order valence-electron chi connectivity index (χ4n) is 2.41. The smallest absolute Gasteiger partial charge is 0.419 e. The molecule has 2 N–H and O–H groups in total. The lowest BCUT2D eigenvalue weighted by molar-refractivity contribution is -0.139. The Hall–Kier alpha value is -2.34. The maximum Gasteiger partial charge on any atom is 0.419 e. The van der Waals surface area contributed by atoms with Gasteiger partial charge in [-0.3, -0.25) is 4.79 Å². The first kappa shape index (κ1) is 17.0. The molecule has 0 saturated carbocycles. The number of carboxylic acid groups (broad SMARTS) is 1. The number of fused-ring (bicyclic) bond motifs is 1. The molecule has 1 unspecified atom stereocenters. The number of hydrogen-bond donors (Lipinski definition) is 2. The lowest BCUT2D eigenvalue weighted by atomic mass is 10.1. The molecule has 0 radical (unpaired) electrons. The van der Waals surface area contributed by atoms with Crippen molar-refractivity contribution in [1.29, 1.82) is 0 Å². The minimum atomic E-state index is -0.964. The second-order valence-corrected chi connectivity index (χ2v) is 6.39. The Balaban J connectivity index is 2.49. The van der Waals surface area contributed by atoms with Gasteiger partial charge in [-0.05, 0) is 40.0 Å². The van der Waals surface area contributed by atoms with Gasteiger partial charge in [0, 0.05) is 17.5 Å². The highest BCUT2D eigenvalue weighted by Gasteiger charge is 2.25. The third-order valence-electron chi connectivity index (χ3n) is 3.42. The summed E-state index contributed by atoms with van der Waals surface area (Å²) in [5.41, 5.74) is 0.675. The number of benzene rings is 1.